The van der Waals surface area contributed by atoms with E-state index in [2.05, 4.69) is 20.4 Å². The van der Waals surface area contributed by atoms with E-state index in [-0.39, 0.29) is 11.4 Å². The molecule has 2 heterocycles. The lowest BCUT2D eigenvalue weighted by atomic mass is 10.1. The molecular formula is C27H36N6O3. The van der Waals surface area contributed by atoms with E-state index >= 15 is 0 Å². The lowest BCUT2D eigenvalue weighted by Crippen LogP contribution is -2.47. The molecule has 0 unspecified atom stereocenters. The number of carboxylic acids is 1. The Morgan fingerprint density at radius 2 is 1.75 bits per heavy atom. The highest BCUT2D eigenvalue weighted by Gasteiger charge is 2.23. The molecule has 0 radical (unpaired) electrons. The van der Waals surface area contributed by atoms with Gasteiger partial charge in [0.1, 0.15) is 5.82 Å². The van der Waals surface area contributed by atoms with Crippen LogP contribution in [0, 0.1) is 0 Å². The maximum Gasteiger partial charge on any atom is 0.335 e. The molecule has 5 rings (SSSR count). The van der Waals surface area contributed by atoms with Gasteiger partial charge in [0.25, 0.3) is 0 Å². The number of aryl methyl sites for hydroxylation is 3. The number of fused-ring (bicyclic) bond motifs is 1. The first-order chi connectivity index (χ1) is 17.5. The number of hydrogen-bond acceptors (Lipinski definition) is 6. The fourth-order valence-electron chi connectivity index (χ4n) is 5.08. The van der Waals surface area contributed by atoms with Crippen molar-refractivity contribution in [1.29, 1.82) is 0 Å². The first kappa shape index (κ1) is 25.7. The van der Waals surface area contributed by atoms with Crippen LogP contribution in [0.2, 0.25) is 0 Å². The molecular weight excluding hydrogens is 456 g/mol. The summed E-state index contributed by atoms with van der Waals surface area (Å²) in [6, 6.07) is 13.4. The van der Waals surface area contributed by atoms with Crippen LogP contribution >= 0.6 is 0 Å². The summed E-state index contributed by atoms with van der Waals surface area (Å²) in [6.45, 7) is 4.97. The Kier molecular flexibility index (Phi) is 8.56. The molecule has 9 nitrogen and oxygen atoms in total. The van der Waals surface area contributed by atoms with Gasteiger partial charge in [0.15, 0.2) is 5.84 Å². The van der Waals surface area contributed by atoms with Crippen LogP contribution in [0.5, 0.6) is 0 Å². The number of nitrogens with two attached hydrogens (primary N) is 1. The van der Waals surface area contributed by atoms with E-state index in [9.17, 15) is 4.79 Å². The topological polar surface area (TPSA) is 129 Å². The van der Waals surface area contributed by atoms with Crippen molar-refractivity contribution in [2.24, 2.45) is 17.9 Å². The molecule has 1 aliphatic heterocycles. The van der Waals surface area contributed by atoms with E-state index in [1.165, 1.54) is 51.9 Å². The lowest BCUT2D eigenvalue weighted by molar-refractivity contribution is 0.0697. The number of hydrogen-bond donors (Lipinski definition) is 4. The summed E-state index contributed by atoms with van der Waals surface area (Å²) in [5.74, 6) is 0.00840. The molecule has 1 aromatic heterocycles. The van der Waals surface area contributed by atoms with Crippen LogP contribution in [-0.4, -0.2) is 68.8 Å². The number of nitrogens with one attached hydrogen (secondary N) is 1. The Labute approximate surface area is 211 Å². The quantitative estimate of drug-likeness (QED) is 0.180. The number of carbonyl (C=O) groups is 1. The second kappa shape index (κ2) is 12.0. The average molecular weight is 493 g/mol. The molecule has 1 aliphatic carbocycles. The minimum atomic E-state index is -0.958. The minimum Gasteiger partial charge on any atom is -0.478 e. The van der Waals surface area contributed by atoms with Crippen molar-refractivity contribution in [3.8, 4) is 0 Å². The Hall–Kier alpha value is -3.43. The second-order valence-electron chi connectivity index (χ2n) is 9.50. The highest BCUT2D eigenvalue weighted by Crippen LogP contribution is 2.23. The fourth-order valence-corrected chi connectivity index (χ4v) is 5.08. The van der Waals surface area contributed by atoms with Gasteiger partial charge in [-0.05, 0) is 43.0 Å². The number of aromatic carboxylic acids is 1. The largest absolute Gasteiger partial charge is 0.478 e. The molecule has 0 atom stereocenters. The van der Waals surface area contributed by atoms with E-state index in [0.29, 0.717) is 11.1 Å². The third-order valence-electron chi connectivity index (χ3n) is 7.21. The van der Waals surface area contributed by atoms with Gasteiger partial charge in [-0.15, -0.1) is 0 Å². The lowest BCUT2D eigenvalue weighted by Gasteiger charge is -2.32. The second-order valence-corrected chi connectivity index (χ2v) is 9.50. The Bertz CT molecular complexity index is 1190. The van der Waals surface area contributed by atoms with Crippen molar-refractivity contribution in [2.75, 3.05) is 26.2 Å². The molecule has 1 saturated heterocycles. The number of rotatable bonds is 6. The maximum atomic E-state index is 11.1. The Morgan fingerprint density at radius 3 is 2.39 bits per heavy atom. The van der Waals surface area contributed by atoms with Crippen LogP contribution in [0.15, 0.2) is 47.6 Å². The van der Waals surface area contributed by atoms with Crippen molar-refractivity contribution in [3.63, 3.8) is 0 Å². The van der Waals surface area contributed by atoms with Crippen LogP contribution in [0.25, 0.3) is 11.0 Å². The molecule has 2 fully saturated rings. The van der Waals surface area contributed by atoms with Crippen LogP contribution in [0.4, 0.5) is 0 Å². The summed E-state index contributed by atoms with van der Waals surface area (Å²) in [5, 5.41) is 24.1. The van der Waals surface area contributed by atoms with Crippen LogP contribution in [0.3, 0.4) is 0 Å². The SMILES string of the molecule is C1CCC(N2CCNCC2)C1.Cn1c(CCc2ccc(C(N)=NO)cc2)nc2cc(C(=O)O)ccc21. The summed E-state index contributed by atoms with van der Waals surface area (Å²) in [4.78, 5) is 18.3. The Balaban J connectivity index is 0.000000229. The highest BCUT2D eigenvalue weighted by atomic mass is 16.4. The molecule has 2 aromatic carbocycles. The predicted molar refractivity (Wildman–Crippen MR) is 141 cm³/mol. The fraction of sp³-hybridized carbons (Fsp3) is 0.444. The van der Waals surface area contributed by atoms with Gasteiger partial charge in [0.05, 0.1) is 16.6 Å². The first-order valence-electron chi connectivity index (χ1n) is 12.7. The summed E-state index contributed by atoms with van der Waals surface area (Å²) in [5.41, 5.74) is 9.13. The Morgan fingerprint density at radius 1 is 1.08 bits per heavy atom. The smallest absolute Gasteiger partial charge is 0.335 e. The number of piperazine rings is 1. The van der Waals surface area contributed by atoms with Gasteiger partial charge in [-0.3, -0.25) is 4.90 Å². The van der Waals surface area contributed by atoms with Crippen LogP contribution < -0.4 is 11.1 Å². The molecule has 0 amide bonds. The predicted octanol–water partition coefficient (Wildman–Crippen LogP) is 2.99. The molecule has 3 aromatic rings. The zero-order chi connectivity index (χ0) is 25.5. The molecule has 0 spiro atoms. The number of benzene rings is 2. The van der Waals surface area contributed by atoms with Gasteiger partial charge < -0.3 is 25.9 Å². The molecule has 36 heavy (non-hydrogen) atoms. The number of carboxylic acid groups (broad SMARTS) is 1. The summed E-state index contributed by atoms with van der Waals surface area (Å²) in [7, 11) is 1.92. The van der Waals surface area contributed by atoms with E-state index in [4.69, 9.17) is 16.0 Å². The molecule has 192 valence electrons. The van der Waals surface area contributed by atoms with Gasteiger partial charge in [-0.2, -0.15) is 0 Å². The van der Waals surface area contributed by atoms with Crippen LogP contribution in [0.1, 0.15) is 53.0 Å². The minimum absolute atomic E-state index is 0.0798. The third-order valence-corrected chi connectivity index (χ3v) is 7.21. The normalized spacial score (nSPS) is 17.2. The maximum absolute atomic E-state index is 11.1. The number of aromatic nitrogens is 2. The van der Waals surface area contributed by atoms with Gasteiger partial charge in [0.2, 0.25) is 0 Å². The highest BCUT2D eigenvalue weighted by molar-refractivity contribution is 5.97. The van der Waals surface area contributed by atoms with Crippen molar-refractivity contribution in [1.82, 2.24) is 19.8 Å². The van der Waals surface area contributed by atoms with Gasteiger partial charge >= 0.3 is 5.97 Å². The van der Waals surface area contributed by atoms with Crippen molar-refractivity contribution < 1.29 is 15.1 Å². The monoisotopic (exact) mass is 492 g/mol. The van der Waals surface area contributed by atoms with Crippen molar-refractivity contribution in [3.05, 3.63) is 65.0 Å². The molecule has 1 saturated carbocycles. The van der Waals surface area contributed by atoms with Gasteiger partial charge in [-0.25, -0.2) is 9.78 Å². The van der Waals surface area contributed by atoms with E-state index < -0.39 is 5.97 Å². The van der Waals surface area contributed by atoms with E-state index in [1.807, 2.05) is 23.7 Å². The summed E-state index contributed by atoms with van der Waals surface area (Å²) >= 11 is 0. The molecule has 0 bridgehead atoms. The summed E-state index contributed by atoms with van der Waals surface area (Å²) in [6.07, 6.45) is 7.35. The zero-order valence-corrected chi connectivity index (χ0v) is 20.9. The number of imidazole rings is 1. The van der Waals surface area contributed by atoms with Gasteiger partial charge in [-0.1, -0.05) is 42.3 Å². The molecule has 2 aliphatic rings. The number of oxime groups is 1. The average Bonchev–Trinajstić information content (AvgIpc) is 3.56. The summed E-state index contributed by atoms with van der Waals surface area (Å²) < 4.78 is 1.98. The van der Waals surface area contributed by atoms with Crippen molar-refractivity contribution in [2.45, 2.75) is 44.6 Å². The third kappa shape index (κ3) is 6.22. The van der Waals surface area contributed by atoms with Crippen LogP contribution in [-0.2, 0) is 19.9 Å². The van der Waals surface area contributed by atoms with E-state index in [0.717, 1.165) is 35.8 Å². The zero-order valence-electron chi connectivity index (χ0n) is 20.9. The number of amidine groups is 1. The standard InChI is InChI=1S/C18H18N4O3.C9H18N2/c1-22-15-8-7-13(18(23)24)10-14(15)20-16(22)9-4-11-2-5-12(6-3-11)17(19)21-25;1-2-4-9(3-1)11-7-5-10-6-8-11/h2-3,5-8,10,25H,4,9H2,1H3,(H2,19,21)(H,23,24);9-10H,1-8H2. The molecule has 5 N–H and O–H groups in total. The van der Waals surface area contributed by atoms with Gasteiger partial charge in [0, 0.05) is 51.3 Å². The van der Waals surface area contributed by atoms with E-state index in [1.54, 1.807) is 30.3 Å². The first-order valence-corrected chi connectivity index (χ1v) is 12.7. The number of nitrogens with zero attached hydrogens (tertiary/aromatic N) is 4. The van der Waals surface area contributed by atoms with Crippen molar-refractivity contribution >= 4 is 22.8 Å². The molecule has 9 heteroatoms.